The van der Waals surface area contributed by atoms with Gasteiger partial charge in [-0.05, 0) is 48.7 Å². The lowest BCUT2D eigenvalue weighted by Crippen LogP contribution is -2.40. The average Bonchev–Trinajstić information content (AvgIpc) is 3.19. The summed E-state index contributed by atoms with van der Waals surface area (Å²) in [7, 11) is 0. The number of aliphatic hydroxyl groups is 1. The third-order valence-electron chi connectivity index (χ3n) is 4.11. The summed E-state index contributed by atoms with van der Waals surface area (Å²) in [5.74, 6) is -0.160. The lowest BCUT2D eigenvalue weighted by atomic mass is 10.1. The van der Waals surface area contributed by atoms with E-state index in [1.54, 1.807) is 35.2 Å². The minimum Gasteiger partial charge on any atom is -0.867 e. The molecule has 0 spiro atoms. The van der Waals surface area contributed by atoms with Crippen molar-refractivity contribution in [1.82, 2.24) is 0 Å². The molecule has 27 heavy (non-hydrogen) atoms. The molecule has 6 heteroatoms. The molecule has 0 unspecified atom stereocenters. The van der Waals surface area contributed by atoms with Crippen LogP contribution in [-0.2, 0) is 6.61 Å². The number of hydrogen-bond acceptors (Lipinski definition) is 4. The zero-order valence-corrected chi connectivity index (χ0v) is 16.7. The van der Waals surface area contributed by atoms with Crippen LogP contribution in [0, 0.1) is 13.8 Å². The van der Waals surface area contributed by atoms with Crippen LogP contribution in [0.25, 0.3) is 11.5 Å². The molecule has 0 atom stereocenters. The summed E-state index contributed by atoms with van der Waals surface area (Å²) in [5, 5.41) is 27.7. The highest BCUT2D eigenvalue weighted by atomic mass is 32.1. The van der Waals surface area contributed by atoms with Crippen LogP contribution in [-0.4, -0.2) is 10.1 Å². The molecule has 0 saturated carbocycles. The molecule has 0 radical (unpaired) electrons. The van der Waals surface area contributed by atoms with Crippen LogP contribution in [0.1, 0.15) is 21.6 Å². The van der Waals surface area contributed by atoms with E-state index < -0.39 is 0 Å². The molecule has 138 valence electrons. The van der Waals surface area contributed by atoms with Gasteiger partial charge in [-0.25, -0.2) is 0 Å². The Balaban J connectivity index is 2.06. The molecule has 2 heterocycles. The molecule has 1 aromatic carbocycles. The summed E-state index contributed by atoms with van der Waals surface area (Å²) in [6.07, 6.45) is 3.48. The smallest absolute Gasteiger partial charge is 0.239 e. The van der Waals surface area contributed by atoms with Crippen LogP contribution >= 0.6 is 23.6 Å². The maximum absolute atomic E-state index is 13.1. The predicted octanol–water partition coefficient (Wildman–Crippen LogP) is 3.27. The highest BCUT2D eigenvalue weighted by molar-refractivity contribution is 7.81. The lowest BCUT2D eigenvalue weighted by molar-refractivity contribution is -0.578. The highest BCUT2D eigenvalue weighted by Gasteiger charge is 2.20. The fraction of sp³-hybridized carbons (Fsp3) is 0.143. The summed E-state index contributed by atoms with van der Waals surface area (Å²) < 4.78 is 1.67. The number of aliphatic hydroxyl groups excluding tert-OH is 1. The molecule has 2 aromatic heterocycles. The molecule has 2 N–H and O–H groups in total. The van der Waals surface area contributed by atoms with Gasteiger partial charge in [-0.2, -0.15) is 4.57 Å². The largest absolute Gasteiger partial charge is 0.867 e. The standard InChI is InChI=1S/C21H20N2O2S2/c1-14-7-8-17(15(2)11-14)22-21(26)19(20(25)18-6-4-10-27-18)23-9-3-5-16(12-23)13-24/h3-12,24H,13H2,1-2H3,(H-,22,25,26). The highest BCUT2D eigenvalue weighted by Crippen LogP contribution is 2.22. The van der Waals surface area contributed by atoms with Gasteiger partial charge in [0.15, 0.2) is 17.4 Å². The van der Waals surface area contributed by atoms with Crippen LogP contribution in [0.5, 0.6) is 0 Å². The van der Waals surface area contributed by atoms with Crippen LogP contribution in [0.3, 0.4) is 0 Å². The number of aryl methyl sites for hydroxylation is 2. The molecule has 0 amide bonds. The summed E-state index contributed by atoms with van der Waals surface area (Å²) in [5.41, 5.74) is 4.12. The van der Waals surface area contributed by atoms with Gasteiger partial charge in [0.25, 0.3) is 0 Å². The van der Waals surface area contributed by atoms with Gasteiger partial charge in [0.2, 0.25) is 5.70 Å². The number of nitrogens with zero attached hydrogens (tertiary/aromatic N) is 1. The van der Waals surface area contributed by atoms with Gasteiger partial charge in [-0.15, -0.1) is 11.3 Å². The maximum atomic E-state index is 13.1. The fourth-order valence-corrected chi connectivity index (χ4v) is 3.73. The third-order valence-corrected chi connectivity index (χ3v) is 5.27. The van der Waals surface area contributed by atoms with Gasteiger partial charge < -0.3 is 15.5 Å². The molecule has 0 aliphatic heterocycles. The molecule has 0 bridgehead atoms. The van der Waals surface area contributed by atoms with E-state index in [2.05, 4.69) is 11.4 Å². The van der Waals surface area contributed by atoms with Crippen molar-refractivity contribution in [2.45, 2.75) is 20.5 Å². The van der Waals surface area contributed by atoms with E-state index in [4.69, 9.17) is 12.2 Å². The topological polar surface area (TPSA) is 59.2 Å². The number of anilines is 1. The SMILES string of the molecule is Cc1ccc(NC(=S)C(=C([O-])c2cccs2)[n+]2cccc(CO)c2)c(C)c1. The molecular formula is C21H20N2O2S2. The van der Waals surface area contributed by atoms with Crippen LogP contribution < -0.4 is 15.0 Å². The molecule has 0 aliphatic carbocycles. The van der Waals surface area contributed by atoms with Crippen molar-refractivity contribution >= 4 is 45.7 Å². The van der Waals surface area contributed by atoms with E-state index in [1.807, 2.05) is 37.4 Å². The van der Waals surface area contributed by atoms with Gasteiger partial charge in [0, 0.05) is 22.2 Å². The number of aromatic nitrogens is 1. The number of thiophene rings is 1. The third kappa shape index (κ3) is 4.42. The summed E-state index contributed by atoms with van der Waals surface area (Å²) >= 11 is 6.99. The number of hydrogen-bond donors (Lipinski definition) is 2. The Bertz CT molecular complexity index is 995. The van der Waals surface area contributed by atoms with Crippen molar-refractivity contribution in [3.8, 4) is 0 Å². The predicted molar refractivity (Wildman–Crippen MR) is 112 cm³/mol. The summed E-state index contributed by atoms with van der Waals surface area (Å²) in [4.78, 5) is 0.942. The first-order chi connectivity index (χ1) is 13.0. The van der Waals surface area contributed by atoms with Crippen LogP contribution in [0.2, 0.25) is 0 Å². The summed E-state index contributed by atoms with van der Waals surface area (Å²) in [6, 6.07) is 13.2. The van der Waals surface area contributed by atoms with E-state index in [1.165, 1.54) is 11.3 Å². The van der Waals surface area contributed by atoms with Gasteiger partial charge >= 0.3 is 0 Å². The Morgan fingerprint density at radius 3 is 2.70 bits per heavy atom. The van der Waals surface area contributed by atoms with Crippen molar-refractivity contribution in [1.29, 1.82) is 0 Å². The zero-order valence-electron chi connectivity index (χ0n) is 15.1. The molecule has 0 aliphatic rings. The van der Waals surface area contributed by atoms with E-state index >= 15 is 0 Å². The Labute approximate surface area is 168 Å². The van der Waals surface area contributed by atoms with Gasteiger partial charge in [0.05, 0.1) is 6.61 Å². The fourth-order valence-electron chi connectivity index (χ4n) is 2.75. The Hall–Kier alpha value is -2.54. The molecule has 0 fully saturated rings. The van der Waals surface area contributed by atoms with E-state index in [-0.39, 0.29) is 12.4 Å². The molecule has 4 nitrogen and oxygen atoms in total. The minimum atomic E-state index is -0.160. The molecular weight excluding hydrogens is 376 g/mol. The number of pyridine rings is 1. The Morgan fingerprint density at radius 1 is 1.22 bits per heavy atom. The second kappa shape index (κ2) is 8.43. The minimum absolute atomic E-state index is 0.113. The van der Waals surface area contributed by atoms with Crippen molar-refractivity contribution in [3.63, 3.8) is 0 Å². The first-order valence-corrected chi connectivity index (χ1v) is 9.73. The molecule has 3 rings (SSSR count). The molecule has 3 aromatic rings. The van der Waals surface area contributed by atoms with Crippen LogP contribution in [0.15, 0.2) is 60.2 Å². The van der Waals surface area contributed by atoms with Crippen molar-refractivity contribution in [3.05, 3.63) is 81.8 Å². The van der Waals surface area contributed by atoms with E-state index in [0.717, 1.165) is 16.8 Å². The summed E-state index contributed by atoms with van der Waals surface area (Å²) in [6.45, 7) is 3.92. The van der Waals surface area contributed by atoms with Gasteiger partial charge in [-0.3, -0.25) is 0 Å². The lowest BCUT2D eigenvalue weighted by Gasteiger charge is -2.16. The quantitative estimate of drug-likeness (QED) is 0.301. The van der Waals surface area contributed by atoms with Gasteiger partial charge in [-0.1, -0.05) is 36.0 Å². The van der Waals surface area contributed by atoms with Crippen molar-refractivity contribution < 1.29 is 14.8 Å². The van der Waals surface area contributed by atoms with Crippen molar-refractivity contribution in [2.24, 2.45) is 0 Å². The number of benzene rings is 1. The van der Waals surface area contributed by atoms with Crippen LogP contribution in [0.4, 0.5) is 5.69 Å². The first-order valence-electron chi connectivity index (χ1n) is 8.45. The number of nitrogens with one attached hydrogen (secondary N) is 1. The monoisotopic (exact) mass is 396 g/mol. The number of thiocarbonyl (C=S) groups is 1. The number of rotatable bonds is 5. The van der Waals surface area contributed by atoms with Crippen molar-refractivity contribution in [2.75, 3.05) is 5.32 Å². The van der Waals surface area contributed by atoms with E-state index in [0.29, 0.717) is 21.1 Å². The Morgan fingerprint density at radius 2 is 2.04 bits per heavy atom. The second-order valence-electron chi connectivity index (χ2n) is 6.21. The molecule has 0 saturated heterocycles. The normalized spacial score (nSPS) is 11.8. The van der Waals surface area contributed by atoms with E-state index in [9.17, 15) is 10.2 Å². The maximum Gasteiger partial charge on any atom is 0.239 e. The van der Waals surface area contributed by atoms with Gasteiger partial charge in [0.1, 0.15) is 0 Å². The first kappa shape index (κ1) is 19.2. The Kier molecular flexibility index (Phi) is 6.01. The zero-order chi connectivity index (χ0) is 19.4. The average molecular weight is 397 g/mol. The second-order valence-corrected chi connectivity index (χ2v) is 7.56.